The number of benzene rings is 2. The van der Waals surface area contributed by atoms with Crippen LogP contribution < -0.4 is 0 Å². The highest BCUT2D eigenvalue weighted by Crippen LogP contribution is 2.37. The van der Waals surface area contributed by atoms with Crippen LogP contribution in [-0.2, 0) is 14.8 Å². The van der Waals surface area contributed by atoms with Gasteiger partial charge in [0.1, 0.15) is 0 Å². The summed E-state index contributed by atoms with van der Waals surface area (Å²) in [5.41, 5.74) is -1.10. The van der Waals surface area contributed by atoms with E-state index in [1.165, 1.54) is 12.1 Å². The van der Waals surface area contributed by atoms with Gasteiger partial charge in [-0.2, -0.15) is 4.31 Å². The third-order valence-electron chi connectivity index (χ3n) is 5.17. The number of halogens is 2. The summed E-state index contributed by atoms with van der Waals surface area (Å²) < 4.78 is 42.0. The summed E-state index contributed by atoms with van der Waals surface area (Å²) in [7, 11) is -4.04. The van der Waals surface area contributed by atoms with E-state index in [9.17, 15) is 22.7 Å². The van der Waals surface area contributed by atoms with E-state index < -0.39 is 40.6 Å². The Hall–Kier alpha value is -2.00. The van der Waals surface area contributed by atoms with E-state index in [1.54, 1.807) is 37.3 Å². The summed E-state index contributed by atoms with van der Waals surface area (Å²) in [6.45, 7) is 1.08. The molecule has 3 rings (SSSR count). The maximum Gasteiger partial charge on any atom is 0.341 e. The number of carboxylic acid groups (broad SMARTS) is 1. The van der Waals surface area contributed by atoms with Gasteiger partial charge < -0.3 is 10.2 Å². The van der Waals surface area contributed by atoms with Crippen molar-refractivity contribution in [2.45, 2.75) is 36.4 Å². The van der Waals surface area contributed by atoms with Crippen LogP contribution in [0.1, 0.15) is 31.4 Å². The van der Waals surface area contributed by atoms with Gasteiger partial charge in [0.15, 0.2) is 0 Å². The quantitative estimate of drug-likeness (QED) is 0.738. The minimum absolute atomic E-state index is 0.0308. The van der Waals surface area contributed by atoms with Crippen LogP contribution in [0.2, 0.25) is 5.02 Å². The first kappa shape index (κ1) is 21.7. The highest BCUT2D eigenvalue weighted by Gasteiger charge is 2.44. The van der Waals surface area contributed by atoms with Crippen LogP contribution in [0.15, 0.2) is 47.4 Å². The lowest BCUT2D eigenvalue weighted by Crippen LogP contribution is -2.48. The van der Waals surface area contributed by atoms with Crippen molar-refractivity contribution in [1.29, 1.82) is 0 Å². The Balaban J connectivity index is 2.06. The second-order valence-corrected chi connectivity index (χ2v) is 9.40. The molecule has 0 aliphatic carbocycles. The number of piperidine rings is 1. The van der Waals surface area contributed by atoms with Crippen molar-refractivity contribution in [2.24, 2.45) is 0 Å². The molecular weight excluding hydrogens is 421 g/mol. The number of aliphatic carboxylic acids is 1. The van der Waals surface area contributed by atoms with Crippen LogP contribution in [0.25, 0.3) is 11.1 Å². The second-order valence-electron chi connectivity index (χ2n) is 7.09. The lowest BCUT2D eigenvalue weighted by molar-refractivity contribution is -0.153. The highest BCUT2D eigenvalue weighted by molar-refractivity contribution is 7.89. The van der Waals surface area contributed by atoms with Crippen molar-refractivity contribution in [3.05, 3.63) is 53.1 Å². The van der Waals surface area contributed by atoms with Crippen molar-refractivity contribution in [3.8, 4) is 11.1 Å². The molecule has 1 heterocycles. The minimum atomic E-state index is -4.04. The van der Waals surface area contributed by atoms with E-state index in [2.05, 4.69) is 0 Å². The first-order valence-electron chi connectivity index (χ1n) is 9.05. The highest BCUT2D eigenvalue weighted by atomic mass is 35.5. The molecule has 1 unspecified atom stereocenters. The maximum atomic E-state index is 14.3. The number of rotatable bonds is 5. The predicted molar refractivity (Wildman–Crippen MR) is 107 cm³/mol. The molecule has 156 valence electrons. The van der Waals surface area contributed by atoms with Crippen molar-refractivity contribution in [3.63, 3.8) is 0 Å². The van der Waals surface area contributed by atoms with Gasteiger partial charge in [0, 0.05) is 42.1 Å². The Morgan fingerprint density at radius 1 is 1.17 bits per heavy atom. The number of hydrogen-bond donors (Lipinski definition) is 2. The number of aliphatic hydroxyl groups excluding tert-OH is 1. The van der Waals surface area contributed by atoms with Crippen LogP contribution >= 0.6 is 11.6 Å². The number of aliphatic hydroxyl groups is 1. The van der Waals surface area contributed by atoms with Crippen molar-refractivity contribution >= 4 is 27.6 Å². The van der Waals surface area contributed by atoms with Gasteiger partial charge in [-0.15, -0.1) is 0 Å². The summed E-state index contributed by atoms with van der Waals surface area (Å²) >= 11 is 6.28. The molecule has 6 nitrogen and oxygen atoms in total. The van der Waals surface area contributed by atoms with Gasteiger partial charge >= 0.3 is 5.97 Å². The molecule has 1 aliphatic rings. The third kappa shape index (κ3) is 4.16. The van der Waals surface area contributed by atoms with Crippen LogP contribution in [-0.4, -0.2) is 47.7 Å². The van der Waals surface area contributed by atoms with Gasteiger partial charge in [0.2, 0.25) is 15.7 Å². The van der Waals surface area contributed by atoms with Crippen molar-refractivity contribution < 1.29 is 27.8 Å². The summed E-state index contributed by atoms with van der Waals surface area (Å²) in [4.78, 5) is 11.1. The van der Waals surface area contributed by atoms with Gasteiger partial charge in [-0.05, 0) is 30.7 Å². The van der Waals surface area contributed by atoms with Crippen LogP contribution in [0.5, 0.6) is 0 Å². The average molecular weight is 442 g/mol. The molecule has 1 atom stereocenters. The molecule has 2 N–H and O–H groups in total. The van der Waals surface area contributed by atoms with Gasteiger partial charge in [-0.3, -0.25) is 0 Å². The van der Waals surface area contributed by atoms with Gasteiger partial charge in [0.25, 0.3) is 0 Å². The molecule has 0 amide bonds. The number of hydrogen-bond acceptors (Lipinski definition) is 4. The lowest BCUT2D eigenvalue weighted by atomic mass is 9.95. The molecule has 0 bridgehead atoms. The molecule has 0 aromatic heterocycles. The largest absolute Gasteiger partial charge is 0.479 e. The standard InChI is InChI=1S/C20H21ClFNO5S/c1-13(24)14-6-7-18(16(12-14)15-4-2-3-5-17(15)21)29(27,28)23-10-8-20(22,9-11-23)19(25)26/h2-7,12-13,24H,8-11H2,1H3,(H,25,26). The van der Waals surface area contributed by atoms with Crippen LogP contribution in [0, 0.1) is 0 Å². The summed E-state index contributed by atoms with van der Waals surface area (Å²) in [5.74, 6) is -1.58. The van der Waals surface area contributed by atoms with Gasteiger partial charge in [0.05, 0.1) is 11.0 Å². The Bertz CT molecular complexity index is 1030. The number of alkyl halides is 1. The van der Waals surface area contributed by atoms with Crippen LogP contribution in [0.4, 0.5) is 4.39 Å². The van der Waals surface area contributed by atoms with E-state index in [0.29, 0.717) is 21.7 Å². The van der Waals surface area contributed by atoms with E-state index in [0.717, 1.165) is 4.31 Å². The Morgan fingerprint density at radius 3 is 2.34 bits per heavy atom. The fourth-order valence-electron chi connectivity index (χ4n) is 3.36. The Morgan fingerprint density at radius 2 is 1.79 bits per heavy atom. The number of sulfonamides is 1. The summed E-state index contributed by atoms with van der Waals surface area (Å²) in [6, 6.07) is 11.2. The molecule has 2 aromatic rings. The summed E-state index contributed by atoms with van der Waals surface area (Å²) in [6.07, 6.45) is -1.66. The SMILES string of the molecule is CC(O)c1ccc(S(=O)(=O)N2CCC(F)(C(=O)O)CC2)c(-c2ccccc2Cl)c1. The first-order valence-corrected chi connectivity index (χ1v) is 10.9. The predicted octanol–water partition coefficient (Wildman–Crippen LogP) is 3.64. The number of nitrogens with zero attached hydrogens (tertiary/aromatic N) is 1. The number of carbonyl (C=O) groups is 1. The third-order valence-corrected chi connectivity index (χ3v) is 7.45. The molecule has 0 radical (unpaired) electrons. The Labute approximate surface area is 173 Å². The maximum absolute atomic E-state index is 14.3. The molecular formula is C20H21ClFNO5S. The minimum Gasteiger partial charge on any atom is -0.479 e. The van der Waals surface area contributed by atoms with Crippen LogP contribution in [0.3, 0.4) is 0 Å². The average Bonchev–Trinajstić information content (AvgIpc) is 2.68. The molecule has 1 aliphatic heterocycles. The summed E-state index contributed by atoms with van der Waals surface area (Å²) in [5, 5.41) is 19.3. The zero-order valence-corrected chi connectivity index (χ0v) is 17.3. The molecule has 2 aromatic carbocycles. The molecule has 9 heteroatoms. The van der Waals surface area contributed by atoms with E-state index in [4.69, 9.17) is 16.7 Å². The van der Waals surface area contributed by atoms with Crippen molar-refractivity contribution in [2.75, 3.05) is 13.1 Å². The normalized spacial score (nSPS) is 18.3. The Kier molecular flexibility index (Phi) is 6.01. The van der Waals surface area contributed by atoms with E-state index in [-0.39, 0.29) is 18.0 Å². The van der Waals surface area contributed by atoms with Gasteiger partial charge in [-0.25, -0.2) is 17.6 Å². The molecule has 0 spiro atoms. The second kappa shape index (κ2) is 8.02. The monoisotopic (exact) mass is 441 g/mol. The fraction of sp³-hybridized carbons (Fsp3) is 0.350. The smallest absolute Gasteiger partial charge is 0.341 e. The molecule has 1 fully saturated rings. The number of carboxylic acids is 1. The molecule has 29 heavy (non-hydrogen) atoms. The molecule has 0 saturated carbocycles. The molecule has 1 saturated heterocycles. The van der Waals surface area contributed by atoms with Crippen molar-refractivity contribution in [1.82, 2.24) is 4.31 Å². The van der Waals surface area contributed by atoms with Gasteiger partial charge in [-0.1, -0.05) is 35.9 Å². The van der Waals surface area contributed by atoms with E-state index >= 15 is 0 Å². The first-order chi connectivity index (χ1) is 13.6. The fourth-order valence-corrected chi connectivity index (χ4v) is 5.22. The van der Waals surface area contributed by atoms with E-state index in [1.807, 2.05) is 0 Å². The topological polar surface area (TPSA) is 94.9 Å². The lowest BCUT2D eigenvalue weighted by Gasteiger charge is -2.33. The zero-order valence-electron chi connectivity index (χ0n) is 15.7. The zero-order chi connectivity index (χ0) is 21.4.